The number of hydrogen-bond donors (Lipinski definition) is 1. The maximum atomic E-state index is 5.95. The van der Waals surface area contributed by atoms with Gasteiger partial charge in [-0.3, -0.25) is 0 Å². The van der Waals surface area contributed by atoms with E-state index in [4.69, 9.17) is 10.3 Å². The Labute approximate surface area is 116 Å². The number of hydrogen-bond acceptors (Lipinski definition) is 5. The van der Waals surface area contributed by atoms with E-state index in [1.54, 1.807) is 0 Å². The molecule has 3 rings (SSSR count). The SMILES string of the molecule is Cc1ccc(N)c(-c2nc(-c3cccc(C)n3)no2)c1. The largest absolute Gasteiger partial charge is 0.398 e. The second-order valence-electron chi connectivity index (χ2n) is 4.68. The summed E-state index contributed by atoms with van der Waals surface area (Å²) < 4.78 is 5.30. The summed E-state index contributed by atoms with van der Waals surface area (Å²) in [7, 11) is 0. The number of aryl methyl sites for hydroxylation is 2. The maximum absolute atomic E-state index is 5.95. The molecule has 0 aliphatic carbocycles. The molecule has 0 radical (unpaired) electrons. The lowest BCUT2D eigenvalue weighted by atomic mass is 10.1. The van der Waals surface area contributed by atoms with Crippen LogP contribution in [0.2, 0.25) is 0 Å². The summed E-state index contributed by atoms with van der Waals surface area (Å²) in [6.07, 6.45) is 0. The number of nitrogens with two attached hydrogens (primary N) is 1. The molecular formula is C15H14N4O. The summed E-state index contributed by atoms with van der Waals surface area (Å²) in [6, 6.07) is 11.4. The average Bonchev–Trinajstić information content (AvgIpc) is 2.91. The molecule has 2 aromatic heterocycles. The van der Waals surface area contributed by atoms with Crippen molar-refractivity contribution in [3.63, 3.8) is 0 Å². The van der Waals surface area contributed by atoms with Crippen molar-refractivity contribution in [2.75, 3.05) is 5.73 Å². The summed E-state index contributed by atoms with van der Waals surface area (Å²) >= 11 is 0. The first-order valence-corrected chi connectivity index (χ1v) is 6.28. The molecule has 0 fully saturated rings. The smallest absolute Gasteiger partial charge is 0.260 e. The third-order valence-electron chi connectivity index (χ3n) is 2.98. The van der Waals surface area contributed by atoms with Gasteiger partial charge in [0.25, 0.3) is 5.89 Å². The minimum atomic E-state index is 0.407. The lowest BCUT2D eigenvalue weighted by Crippen LogP contribution is -1.91. The Morgan fingerprint density at radius 2 is 1.90 bits per heavy atom. The summed E-state index contributed by atoms with van der Waals surface area (Å²) in [4.78, 5) is 8.75. The Bertz CT molecular complexity index is 764. The van der Waals surface area contributed by atoms with Crippen LogP contribution in [-0.2, 0) is 0 Å². The molecule has 0 bridgehead atoms. The van der Waals surface area contributed by atoms with E-state index in [0.29, 0.717) is 23.1 Å². The number of benzene rings is 1. The van der Waals surface area contributed by atoms with E-state index in [0.717, 1.165) is 16.8 Å². The standard InChI is InChI=1S/C15H14N4O/c1-9-6-7-12(16)11(8-9)15-18-14(19-20-15)13-5-3-4-10(2)17-13/h3-8H,16H2,1-2H3. The van der Waals surface area contributed by atoms with Crippen molar-refractivity contribution in [3.05, 3.63) is 47.7 Å². The lowest BCUT2D eigenvalue weighted by molar-refractivity contribution is 0.432. The molecule has 0 unspecified atom stereocenters. The summed E-state index contributed by atoms with van der Waals surface area (Å²) in [6.45, 7) is 3.91. The zero-order chi connectivity index (χ0) is 14.1. The molecule has 100 valence electrons. The van der Waals surface area contributed by atoms with Gasteiger partial charge in [0, 0.05) is 11.4 Å². The zero-order valence-electron chi connectivity index (χ0n) is 11.3. The molecule has 0 saturated heterocycles. The molecule has 1 aromatic carbocycles. The van der Waals surface area contributed by atoms with E-state index >= 15 is 0 Å². The van der Waals surface area contributed by atoms with Gasteiger partial charge in [-0.15, -0.1) is 0 Å². The number of nitrogen functional groups attached to an aromatic ring is 1. The highest BCUT2D eigenvalue weighted by Crippen LogP contribution is 2.27. The molecule has 0 aliphatic rings. The van der Waals surface area contributed by atoms with Crippen LogP contribution in [0.4, 0.5) is 5.69 Å². The fourth-order valence-electron chi connectivity index (χ4n) is 1.96. The van der Waals surface area contributed by atoms with Crippen molar-refractivity contribution in [3.8, 4) is 23.0 Å². The quantitative estimate of drug-likeness (QED) is 0.721. The van der Waals surface area contributed by atoms with Crippen molar-refractivity contribution in [2.24, 2.45) is 0 Å². The van der Waals surface area contributed by atoms with Crippen LogP contribution in [0.5, 0.6) is 0 Å². The van der Waals surface area contributed by atoms with E-state index in [-0.39, 0.29) is 0 Å². The molecule has 5 heteroatoms. The molecule has 0 saturated carbocycles. The fraction of sp³-hybridized carbons (Fsp3) is 0.133. The third-order valence-corrected chi connectivity index (χ3v) is 2.98. The van der Waals surface area contributed by atoms with E-state index in [2.05, 4.69) is 15.1 Å². The summed E-state index contributed by atoms with van der Waals surface area (Å²) in [5, 5.41) is 3.97. The number of rotatable bonds is 2. The molecule has 20 heavy (non-hydrogen) atoms. The molecule has 3 aromatic rings. The van der Waals surface area contributed by atoms with Gasteiger partial charge in [-0.05, 0) is 38.1 Å². The number of pyridine rings is 1. The molecule has 5 nitrogen and oxygen atoms in total. The predicted molar refractivity (Wildman–Crippen MR) is 76.9 cm³/mol. The average molecular weight is 266 g/mol. The van der Waals surface area contributed by atoms with Crippen LogP contribution in [0.25, 0.3) is 23.0 Å². The molecule has 0 aliphatic heterocycles. The minimum absolute atomic E-state index is 0.407. The highest BCUT2D eigenvalue weighted by Gasteiger charge is 2.14. The maximum Gasteiger partial charge on any atom is 0.260 e. The van der Waals surface area contributed by atoms with E-state index in [9.17, 15) is 0 Å². The minimum Gasteiger partial charge on any atom is -0.398 e. The molecule has 0 atom stereocenters. The van der Waals surface area contributed by atoms with Crippen LogP contribution in [-0.4, -0.2) is 15.1 Å². The first kappa shape index (κ1) is 12.3. The Morgan fingerprint density at radius 3 is 2.70 bits per heavy atom. The van der Waals surface area contributed by atoms with E-state index in [1.165, 1.54) is 0 Å². The van der Waals surface area contributed by atoms with Crippen LogP contribution in [0.3, 0.4) is 0 Å². The number of nitrogens with zero attached hydrogens (tertiary/aromatic N) is 3. The zero-order valence-corrected chi connectivity index (χ0v) is 11.3. The van der Waals surface area contributed by atoms with Crippen molar-refractivity contribution in [1.29, 1.82) is 0 Å². The summed E-state index contributed by atoms with van der Waals surface area (Å²) in [5.74, 6) is 0.870. The van der Waals surface area contributed by atoms with Gasteiger partial charge < -0.3 is 10.3 Å². The van der Waals surface area contributed by atoms with Crippen LogP contribution in [0.15, 0.2) is 40.9 Å². The van der Waals surface area contributed by atoms with Crippen molar-refractivity contribution in [2.45, 2.75) is 13.8 Å². The van der Waals surface area contributed by atoms with Crippen LogP contribution in [0, 0.1) is 13.8 Å². The van der Waals surface area contributed by atoms with Crippen molar-refractivity contribution < 1.29 is 4.52 Å². The monoisotopic (exact) mass is 266 g/mol. The van der Waals surface area contributed by atoms with Gasteiger partial charge in [-0.2, -0.15) is 4.98 Å². The Balaban J connectivity index is 2.04. The Kier molecular flexibility index (Phi) is 2.95. The van der Waals surface area contributed by atoms with Crippen molar-refractivity contribution >= 4 is 5.69 Å². The summed E-state index contributed by atoms with van der Waals surface area (Å²) in [5.41, 5.74) is 9.99. The Hall–Kier alpha value is -2.69. The lowest BCUT2D eigenvalue weighted by Gasteiger charge is -2.01. The van der Waals surface area contributed by atoms with Gasteiger partial charge in [-0.25, -0.2) is 4.98 Å². The molecule has 0 spiro atoms. The second kappa shape index (κ2) is 4.77. The first-order valence-electron chi connectivity index (χ1n) is 6.28. The van der Waals surface area contributed by atoms with Gasteiger partial charge in [0.15, 0.2) is 0 Å². The van der Waals surface area contributed by atoms with Crippen LogP contribution >= 0.6 is 0 Å². The highest BCUT2D eigenvalue weighted by atomic mass is 16.5. The number of aromatic nitrogens is 3. The first-order chi connectivity index (χ1) is 9.63. The number of anilines is 1. The van der Waals surface area contributed by atoms with Crippen LogP contribution in [0.1, 0.15) is 11.3 Å². The normalized spacial score (nSPS) is 10.7. The Morgan fingerprint density at radius 1 is 1.05 bits per heavy atom. The third kappa shape index (κ3) is 2.25. The topological polar surface area (TPSA) is 77.8 Å². The second-order valence-corrected chi connectivity index (χ2v) is 4.68. The van der Waals surface area contributed by atoms with Crippen LogP contribution < -0.4 is 5.73 Å². The van der Waals surface area contributed by atoms with Gasteiger partial charge in [0.2, 0.25) is 5.82 Å². The molecule has 0 amide bonds. The van der Waals surface area contributed by atoms with Gasteiger partial charge in [0.05, 0.1) is 5.56 Å². The van der Waals surface area contributed by atoms with Crippen molar-refractivity contribution in [1.82, 2.24) is 15.1 Å². The van der Waals surface area contributed by atoms with Gasteiger partial charge in [-0.1, -0.05) is 22.9 Å². The van der Waals surface area contributed by atoms with E-state index in [1.807, 2.05) is 50.2 Å². The fourth-order valence-corrected chi connectivity index (χ4v) is 1.96. The molecular weight excluding hydrogens is 252 g/mol. The predicted octanol–water partition coefficient (Wildman–Crippen LogP) is 3.00. The highest BCUT2D eigenvalue weighted by molar-refractivity contribution is 5.71. The van der Waals surface area contributed by atoms with Gasteiger partial charge in [0.1, 0.15) is 5.69 Å². The van der Waals surface area contributed by atoms with Gasteiger partial charge >= 0.3 is 0 Å². The van der Waals surface area contributed by atoms with E-state index < -0.39 is 0 Å². The molecule has 2 heterocycles. The molecule has 2 N–H and O–H groups in total.